The quantitative estimate of drug-likeness (QED) is 0.0169. The van der Waals surface area contributed by atoms with Crippen LogP contribution in [0.25, 0.3) is 0 Å². The second kappa shape index (κ2) is 70.0. The van der Waals surface area contributed by atoms with E-state index in [1.165, 1.54) is 128 Å². The molecule has 0 aromatic rings. The van der Waals surface area contributed by atoms with Crippen molar-refractivity contribution in [1.29, 1.82) is 0 Å². The zero-order valence-corrected chi connectivity index (χ0v) is 62.6. The highest BCUT2D eigenvalue weighted by Gasteiger charge is 2.30. The Morgan fingerprint density at radius 3 is 0.875 bits per heavy atom. The van der Waals surface area contributed by atoms with E-state index >= 15 is 0 Å². The van der Waals surface area contributed by atoms with Gasteiger partial charge in [0, 0.05) is 25.7 Å². The molecule has 3 N–H and O–H groups in total. The van der Waals surface area contributed by atoms with E-state index in [4.69, 9.17) is 37.0 Å². The number of esters is 4. The summed E-state index contributed by atoms with van der Waals surface area (Å²) in [5, 5.41) is 10.6. The van der Waals surface area contributed by atoms with E-state index in [0.717, 1.165) is 128 Å². The van der Waals surface area contributed by atoms with Crippen LogP contribution in [0.15, 0.2) is 72.9 Å². The Morgan fingerprint density at radius 2 is 0.542 bits per heavy atom. The highest BCUT2D eigenvalue weighted by molar-refractivity contribution is 7.47. The molecule has 0 spiro atoms. The Bertz CT molecular complexity index is 2110. The van der Waals surface area contributed by atoms with Crippen molar-refractivity contribution < 1.29 is 80.2 Å². The summed E-state index contributed by atoms with van der Waals surface area (Å²) in [7, 11) is -9.95. The van der Waals surface area contributed by atoms with Gasteiger partial charge < -0.3 is 33.8 Å². The molecule has 0 aliphatic carbocycles. The Labute approximate surface area is 583 Å². The third kappa shape index (κ3) is 69.0. The molecule has 0 heterocycles. The number of ether oxygens (including phenoxy) is 4. The lowest BCUT2D eigenvalue weighted by atomic mass is 10.0. The molecule has 0 fully saturated rings. The van der Waals surface area contributed by atoms with Crippen molar-refractivity contribution in [1.82, 2.24) is 0 Å². The second-order valence-corrected chi connectivity index (χ2v) is 28.5. The zero-order chi connectivity index (χ0) is 70.4. The average molecular weight is 1400 g/mol. The van der Waals surface area contributed by atoms with Crippen LogP contribution in [-0.4, -0.2) is 96.7 Å². The first-order chi connectivity index (χ1) is 46.7. The van der Waals surface area contributed by atoms with Crippen LogP contribution in [0, 0.1) is 0 Å². The van der Waals surface area contributed by atoms with E-state index in [1.54, 1.807) is 0 Å². The van der Waals surface area contributed by atoms with Crippen LogP contribution in [-0.2, 0) is 65.4 Å². The fourth-order valence-corrected chi connectivity index (χ4v) is 11.9. The number of unbranched alkanes of at least 4 members (excludes halogenated alkanes) is 34. The normalized spacial score (nSPS) is 14.4. The van der Waals surface area contributed by atoms with E-state index in [2.05, 4.69) is 101 Å². The molecule has 96 heavy (non-hydrogen) atoms. The summed E-state index contributed by atoms with van der Waals surface area (Å²) in [5.41, 5.74) is 0. The van der Waals surface area contributed by atoms with Gasteiger partial charge in [-0.2, -0.15) is 0 Å². The molecule has 0 aliphatic rings. The maximum atomic E-state index is 13.1. The largest absolute Gasteiger partial charge is 0.472 e. The summed E-state index contributed by atoms with van der Waals surface area (Å²) in [6, 6.07) is 0. The van der Waals surface area contributed by atoms with E-state index in [-0.39, 0.29) is 25.7 Å². The van der Waals surface area contributed by atoms with Crippen LogP contribution in [0.4, 0.5) is 0 Å². The smallest absolute Gasteiger partial charge is 0.462 e. The molecular formula is C77H138O17P2. The van der Waals surface area contributed by atoms with Gasteiger partial charge in [0.25, 0.3) is 0 Å². The van der Waals surface area contributed by atoms with E-state index in [9.17, 15) is 43.2 Å². The number of phosphoric ester groups is 2. The molecule has 0 rings (SSSR count). The molecular weight excluding hydrogens is 1260 g/mol. The monoisotopic (exact) mass is 1400 g/mol. The van der Waals surface area contributed by atoms with Gasteiger partial charge in [0.05, 0.1) is 26.4 Å². The highest BCUT2D eigenvalue weighted by Crippen LogP contribution is 2.45. The minimum absolute atomic E-state index is 0.0719. The third-order valence-corrected chi connectivity index (χ3v) is 18.1. The van der Waals surface area contributed by atoms with Gasteiger partial charge >= 0.3 is 39.5 Å². The molecule has 19 heteroatoms. The predicted octanol–water partition coefficient (Wildman–Crippen LogP) is 21.7. The van der Waals surface area contributed by atoms with Crippen molar-refractivity contribution in [2.24, 2.45) is 0 Å². The van der Waals surface area contributed by atoms with Crippen LogP contribution in [0.2, 0.25) is 0 Å². The Kier molecular flexibility index (Phi) is 67.4. The van der Waals surface area contributed by atoms with Crippen molar-refractivity contribution >= 4 is 39.5 Å². The van der Waals surface area contributed by atoms with Crippen molar-refractivity contribution in [2.45, 2.75) is 354 Å². The lowest BCUT2D eigenvalue weighted by Gasteiger charge is -2.21. The summed E-state index contributed by atoms with van der Waals surface area (Å²) in [4.78, 5) is 72.8. The van der Waals surface area contributed by atoms with Crippen molar-refractivity contribution in [2.75, 3.05) is 39.6 Å². The van der Waals surface area contributed by atoms with Crippen molar-refractivity contribution in [3.63, 3.8) is 0 Å². The first kappa shape index (κ1) is 92.5. The summed E-state index contributed by atoms with van der Waals surface area (Å²) >= 11 is 0. The minimum Gasteiger partial charge on any atom is -0.462 e. The summed E-state index contributed by atoms with van der Waals surface area (Å²) in [5.74, 6) is -2.21. The maximum absolute atomic E-state index is 13.1. The number of aliphatic hydroxyl groups is 1. The fraction of sp³-hybridized carbons (Fsp3) is 0.792. The van der Waals surface area contributed by atoms with Crippen LogP contribution < -0.4 is 0 Å². The summed E-state index contributed by atoms with van der Waals surface area (Å²) < 4.78 is 68.4. The van der Waals surface area contributed by atoms with Crippen LogP contribution >= 0.6 is 15.6 Å². The molecule has 0 aromatic heterocycles. The lowest BCUT2D eigenvalue weighted by molar-refractivity contribution is -0.161. The van der Waals surface area contributed by atoms with Crippen molar-refractivity contribution in [3.05, 3.63) is 72.9 Å². The number of rotatable bonds is 72. The summed E-state index contributed by atoms with van der Waals surface area (Å²) in [6.45, 7) is 4.71. The number of carbonyl (C=O) groups excluding carboxylic acids is 4. The SMILES string of the molecule is CC/C=C\C/C=C\C/C=C\C/C=C\CCCCC(=O)OCC(COP(=O)(O)OCC(O)COP(=O)(O)OCC(COC(=O)CCCCCCCCCCCCCCCCC)OC(=O)CCCCCCCCCCCCC)OC(=O)CCCCCCC/C=C\C/C=C\CCCCC. The van der Waals surface area contributed by atoms with Crippen LogP contribution in [0.5, 0.6) is 0 Å². The average Bonchev–Trinajstić information content (AvgIpc) is 1.09. The summed E-state index contributed by atoms with van der Waals surface area (Å²) in [6.07, 6.45) is 69.0. The van der Waals surface area contributed by atoms with E-state index in [0.29, 0.717) is 25.7 Å². The molecule has 0 amide bonds. The number of hydrogen-bond donors (Lipinski definition) is 3. The standard InChI is InChI=1S/C77H138O17P2/c1-5-9-13-17-21-25-29-32-35-38-42-45-49-53-57-61-74(79)87-67-72(93-76(81)63-59-55-51-47-41-28-24-20-16-12-8-4)69-91-95(83,84)89-65-71(78)66-90-96(85,86)92-70-73(94-77(82)64-60-56-52-48-44-40-37-34-31-27-23-19-15-11-7-3)68-88-75(80)62-58-54-50-46-43-39-36-33-30-26-22-18-14-10-6-2/h10,14,22-23,26-27,33-34,36-37,43,46,71-73,78H,5-9,11-13,15-21,24-25,28-32,35,38-42,44-45,47-70H2,1-4H3,(H,83,84)(H,85,86)/b14-10-,26-22-,27-23-,36-33-,37-34-,46-43-. The maximum Gasteiger partial charge on any atom is 0.472 e. The van der Waals surface area contributed by atoms with Gasteiger partial charge in [0.2, 0.25) is 0 Å². The minimum atomic E-state index is -4.98. The number of phosphoric acid groups is 2. The number of hydrogen-bond acceptors (Lipinski definition) is 15. The van der Waals surface area contributed by atoms with Gasteiger partial charge in [0.1, 0.15) is 19.3 Å². The van der Waals surface area contributed by atoms with Gasteiger partial charge in [-0.1, -0.05) is 287 Å². The topological polar surface area (TPSA) is 237 Å². The fourth-order valence-electron chi connectivity index (χ4n) is 10.4. The van der Waals surface area contributed by atoms with E-state index in [1.807, 2.05) is 0 Å². The molecule has 0 saturated carbocycles. The predicted molar refractivity (Wildman–Crippen MR) is 390 cm³/mol. The van der Waals surface area contributed by atoms with Crippen LogP contribution in [0.1, 0.15) is 336 Å². The highest BCUT2D eigenvalue weighted by atomic mass is 31.2. The first-order valence-corrected chi connectivity index (χ1v) is 41.2. The van der Waals surface area contributed by atoms with Gasteiger partial charge in [-0.05, 0) is 96.3 Å². The number of aliphatic hydroxyl groups excluding tert-OH is 1. The third-order valence-electron chi connectivity index (χ3n) is 16.2. The molecule has 0 bridgehead atoms. The Balaban J connectivity index is 5.34. The number of carbonyl (C=O) groups is 4. The molecule has 558 valence electrons. The molecule has 0 aromatic carbocycles. The second-order valence-electron chi connectivity index (χ2n) is 25.6. The molecule has 0 aliphatic heterocycles. The van der Waals surface area contributed by atoms with Crippen LogP contribution in [0.3, 0.4) is 0 Å². The van der Waals surface area contributed by atoms with Gasteiger partial charge in [-0.3, -0.25) is 37.3 Å². The molecule has 17 nitrogen and oxygen atoms in total. The van der Waals surface area contributed by atoms with Crippen molar-refractivity contribution in [3.8, 4) is 0 Å². The van der Waals surface area contributed by atoms with Gasteiger partial charge in [-0.25, -0.2) is 9.13 Å². The Hall–Kier alpha value is -3.50. The molecule has 0 saturated heterocycles. The Morgan fingerprint density at radius 1 is 0.302 bits per heavy atom. The van der Waals surface area contributed by atoms with Gasteiger partial charge in [-0.15, -0.1) is 0 Å². The van der Waals surface area contributed by atoms with Gasteiger partial charge in [0.15, 0.2) is 12.2 Å². The zero-order valence-electron chi connectivity index (χ0n) is 60.8. The molecule has 0 radical (unpaired) electrons. The number of allylic oxidation sites excluding steroid dienone is 12. The lowest BCUT2D eigenvalue weighted by Crippen LogP contribution is -2.30. The van der Waals surface area contributed by atoms with E-state index < -0.39 is 97.5 Å². The molecule has 5 unspecified atom stereocenters. The first-order valence-electron chi connectivity index (χ1n) is 38.2. The molecule has 5 atom stereocenters.